The van der Waals surface area contributed by atoms with Crippen molar-refractivity contribution in [1.29, 1.82) is 0 Å². The highest BCUT2D eigenvalue weighted by molar-refractivity contribution is 4.80. The lowest BCUT2D eigenvalue weighted by Gasteiger charge is -2.17. The Labute approximate surface area is 91.9 Å². The minimum absolute atomic E-state index is 0.771. The average Bonchev–Trinajstić information content (AvgIpc) is 2.85. The summed E-state index contributed by atoms with van der Waals surface area (Å²) in [6.07, 6.45) is 11.1. The molecule has 1 N–H and O–H groups in total. The molecule has 2 atom stereocenters. The monoisotopic (exact) mass is 207 g/mol. The Kier molecular flexibility index (Phi) is 3.78. The van der Waals surface area contributed by atoms with Gasteiger partial charge in [-0.25, -0.2) is 4.98 Å². The molecule has 15 heavy (non-hydrogen) atoms. The maximum Gasteiger partial charge on any atom is 0.0945 e. The van der Waals surface area contributed by atoms with Crippen LogP contribution >= 0.6 is 0 Å². The van der Waals surface area contributed by atoms with Gasteiger partial charge in [-0.2, -0.15) is 0 Å². The first-order valence-corrected chi connectivity index (χ1v) is 6.05. The predicted molar refractivity (Wildman–Crippen MR) is 61.6 cm³/mol. The van der Waals surface area contributed by atoms with Crippen molar-refractivity contribution in [3.8, 4) is 0 Å². The Morgan fingerprint density at radius 2 is 2.40 bits per heavy atom. The molecule has 0 bridgehead atoms. The van der Waals surface area contributed by atoms with E-state index in [-0.39, 0.29) is 0 Å². The molecule has 0 saturated heterocycles. The SMILES string of the molecule is C[C@H]1CCC[C@@H]1NCCCn1ccnc1. The van der Waals surface area contributed by atoms with E-state index < -0.39 is 0 Å². The smallest absolute Gasteiger partial charge is 0.0945 e. The van der Waals surface area contributed by atoms with Gasteiger partial charge in [-0.1, -0.05) is 13.3 Å². The molecule has 0 aromatic carbocycles. The molecule has 1 aromatic heterocycles. The van der Waals surface area contributed by atoms with Crippen LogP contribution in [0.2, 0.25) is 0 Å². The standard InChI is InChI=1S/C12H21N3/c1-11-4-2-5-12(11)14-6-3-8-15-9-7-13-10-15/h7,9-12,14H,2-6,8H2,1H3/t11-,12-/m0/s1. The summed E-state index contributed by atoms with van der Waals surface area (Å²) in [4.78, 5) is 4.03. The van der Waals surface area contributed by atoms with Gasteiger partial charge in [0.15, 0.2) is 0 Å². The molecule has 0 unspecified atom stereocenters. The van der Waals surface area contributed by atoms with E-state index in [2.05, 4.69) is 21.8 Å². The molecule has 84 valence electrons. The molecule has 1 aliphatic rings. The normalized spacial score (nSPS) is 25.9. The minimum atomic E-state index is 0.771. The van der Waals surface area contributed by atoms with Crippen LogP contribution in [0.5, 0.6) is 0 Å². The van der Waals surface area contributed by atoms with Gasteiger partial charge in [0.1, 0.15) is 0 Å². The second kappa shape index (κ2) is 5.31. The summed E-state index contributed by atoms with van der Waals surface area (Å²) in [5.41, 5.74) is 0. The second-order valence-electron chi connectivity index (χ2n) is 4.62. The van der Waals surface area contributed by atoms with E-state index in [1.165, 1.54) is 25.7 Å². The minimum Gasteiger partial charge on any atom is -0.337 e. The van der Waals surface area contributed by atoms with E-state index in [4.69, 9.17) is 0 Å². The molecule has 0 aliphatic heterocycles. The van der Waals surface area contributed by atoms with Crippen LogP contribution in [0.25, 0.3) is 0 Å². The fourth-order valence-electron chi connectivity index (χ4n) is 2.42. The third-order valence-corrected chi connectivity index (χ3v) is 3.42. The summed E-state index contributed by atoms with van der Waals surface area (Å²) in [5, 5.41) is 3.66. The number of aryl methyl sites for hydroxylation is 1. The first-order chi connectivity index (χ1) is 7.36. The summed E-state index contributed by atoms with van der Waals surface area (Å²) in [6, 6.07) is 0.771. The van der Waals surface area contributed by atoms with Crippen molar-refractivity contribution < 1.29 is 0 Å². The average molecular weight is 207 g/mol. The van der Waals surface area contributed by atoms with Crippen molar-refractivity contribution in [2.24, 2.45) is 5.92 Å². The highest BCUT2D eigenvalue weighted by Crippen LogP contribution is 2.24. The molecule has 1 fully saturated rings. The molecule has 1 heterocycles. The summed E-state index contributed by atoms with van der Waals surface area (Å²) >= 11 is 0. The molecular weight excluding hydrogens is 186 g/mol. The number of nitrogens with zero attached hydrogens (tertiary/aromatic N) is 2. The highest BCUT2D eigenvalue weighted by atomic mass is 15.0. The van der Waals surface area contributed by atoms with E-state index in [0.29, 0.717) is 0 Å². The van der Waals surface area contributed by atoms with Crippen LogP contribution in [-0.4, -0.2) is 22.1 Å². The van der Waals surface area contributed by atoms with Gasteiger partial charge in [-0.05, 0) is 31.7 Å². The van der Waals surface area contributed by atoms with E-state index in [9.17, 15) is 0 Å². The van der Waals surface area contributed by atoms with Gasteiger partial charge >= 0.3 is 0 Å². The fourth-order valence-corrected chi connectivity index (χ4v) is 2.42. The first kappa shape index (κ1) is 10.7. The second-order valence-corrected chi connectivity index (χ2v) is 4.62. The van der Waals surface area contributed by atoms with E-state index in [0.717, 1.165) is 25.0 Å². The van der Waals surface area contributed by atoms with Crippen LogP contribution < -0.4 is 5.32 Å². The molecular formula is C12H21N3. The van der Waals surface area contributed by atoms with Crippen molar-refractivity contribution in [1.82, 2.24) is 14.9 Å². The van der Waals surface area contributed by atoms with E-state index in [1.807, 2.05) is 18.7 Å². The summed E-state index contributed by atoms with van der Waals surface area (Å²) < 4.78 is 2.14. The van der Waals surface area contributed by atoms with Crippen LogP contribution in [-0.2, 0) is 6.54 Å². The quantitative estimate of drug-likeness (QED) is 0.749. The van der Waals surface area contributed by atoms with Gasteiger partial charge in [0, 0.05) is 25.0 Å². The number of imidazole rings is 1. The van der Waals surface area contributed by atoms with Crippen LogP contribution in [0.1, 0.15) is 32.6 Å². The maximum absolute atomic E-state index is 4.03. The molecule has 2 rings (SSSR count). The Hall–Kier alpha value is -0.830. The van der Waals surface area contributed by atoms with Crippen LogP contribution in [0.15, 0.2) is 18.7 Å². The topological polar surface area (TPSA) is 29.9 Å². The van der Waals surface area contributed by atoms with Crippen molar-refractivity contribution >= 4 is 0 Å². The van der Waals surface area contributed by atoms with Crippen molar-refractivity contribution in [3.63, 3.8) is 0 Å². The van der Waals surface area contributed by atoms with Gasteiger partial charge in [0.05, 0.1) is 6.33 Å². The van der Waals surface area contributed by atoms with Gasteiger partial charge < -0.3 is 9.88 Å². The first-order valence-electron chi connectivity index (χ1n) is 6.05. The summed E-state index contributed by atoms with van der Waals surface area (Å²) in [5.74, 6) is 0.873. The molecule has 1 saturated carbocycles. The van der Waals surface area contributed by atoms with E-state index >= 15 is 0 Å². The fraction of sp³-hybridized carbons (Fsp3) is 0.750. The molecule has 0 spiro atoms. The maximum atomic E-state index is 4.03. The number of hydrogen-bond donors (Lipinski definition) is 1. The van der Waals surface area contributed by atoms with Gasteiger partial charge in [0.25, 0.3) is 0 Å². The zero-order chi connectivity index (χ0) is 10.5. The lowest BCUT2D eigenvalue weighted by atomic mass is 10.1. The van der Waals surface area contributed by atoms with Crippen molar-refractivity contribution in [2.45, 2.75) is 45.2 Å². The van der Waals surface area contributed by atoms with Crippen molar-refractivity contribution in [2.75, 3.05) is 6.54 Å². The van der Waals surface area contributed by atoms with Crippen LogP contribution in [0, 0.1) is 5.92 Å². The molecule has 1 aromatic rings. The zero-order valence-corrected chi connectivity index (χ0v) is 9.52. The zero-order valence-electron chi connectivity index (χ0n) is 9.52. The number of nitrogens with one attached hydrogen (secondary N) is 1. The number of rotatable bonds is 5. The van der Waals surface area contributed by atoms with Gasteiger partial charge in [-0.15, -0.1) is 0 Å². The lowest BCUT2D eigenvalue weighted by Crippen LogP contribution is -2.32. The number of hydrogen-bond acceptors (Lipinski definition) is 2. The van der Waals surface area contributed by atoms with E-state index in [1.54, 1.807) is 0 Å². The predicted octanol–water partition coefficient (Wildman–Crippen LogP) is 2.05. The summed E-state index contributed by atoms with van der Waals surface area (Å²) in [6.45, 7) is 4.57. The molecule has 1 aliphatic carbocycles. The van der Waals surface area contributed by atoms with Crippen LogP contribution in [0.3, 0.4) is 0 Å². The third kappa shape index (κ3) is 3.06. The Balaban J connectivity index is 1.59. The Bertz CT molecular complexity index is 268. The Morgan fingerprint density at radius 3 is 3.07 bits per heavy atom. The van der Waals surface area contributed by atoms with Gasteiger partial charge in [-0.3, -0.25) is 0 Å². The summed E-state index contributed by atoms with van der Waals surface area (Å²) in [7, 11) is 0. The molecule has 3 heteroatoms. The molecule has 3 nitrogen and oxygen atoms in total. The number of aromatic nitrogens is 2. The highest BCUT2D eigenvalue weighted by Gasteiger charge is 2.21. The van der Waals surface area contributed by atoms with Crippen LogP contribution in [0.4, 0.5) is 0 Å². The molecule has 0 amide bonds. The van der Waals surface area contributed by atoms with Gasteiger partial charge in [0.2, 0.25) is 0 Å². The Morgan fingerprint density at radius 1 is 1.47 bits per heavy atom. The van der Waals surface area contributed by atoms with Crippen molar-refractivity contribution in [3.05, 3.63) is 18.7 Å². The molecule has 0 radical (unpaired) electrons. The lowest BCUT2D eigenvalue weighted by molar-refractivity contribution is 0.417. The largest absolute Gasteiger partial charge is 0.337 e. The third-order valence-electron chi connectivity index (χ3n) is 3.42.